The number of hydrogen-bond donors (Lipinski definition) is 0. The van der Waals surface area contributed by atoms with Gasteiger partial charge in [-0.3, -0.25) is 14.6 Å². The van der Waals surface area contributed by atoms with Crippen molar-refractivity contribution in [3.63, 3.8) is 0 Å². The number of nitriles is 1. The molecule has 1 atom stereocenters. The van der Waals surface area contributed by atoms with Crippen molar-refractivity contribution < 1.29 is 9.59 Å². The summed E-state index contributed by atoms with van der Waals surface area (Å²) in [6.45, 7) is 1.96. The number of benzene rings is 3. The molecule has 1 heterocycles. The van der Waals surface area contributed by atoms with Gasteiger partial charge in [-0.05, 0) is 41.8 Å². The van der Waals surface area contributed by atoms with Crippen LogP contribution in [0.3, 0.4) is 0 Å². The van der Waals surface area contributed by atoms with Crippen molar-refractivity contribution >= 4 is 17.6 Å². The topological polar surface area (TPSA) is 64.4 Å². The summed E-state index contributed by atoms with van der Waals surface area (Å²) in [6.07, 6.45) is 0. The van der Waals surface area contributed by atoms with Gasteiger partial charge in [-0.15, -0.1) is 0 Å². The molecule has 0 saturated carbocycles. The molecule has 0 aromatic heterocycles. The van der Waals surface area contributed by atoms with E-state index in [1.165, 1.54) is 9.80 Å². The number of urea groups is 1. The summed E-state index contributed by atoms with van der Waals surface area (Å²) in [7, 11) is 0. The van der Waals surface area contributed by atoms with Gasteiger partial charge in [0, 0.05) is 5.69 Å². The van der Waals surface area contributed by atoms with Crippen LogP contribution >= 0.6 is 0 Å². The van der Waals surface area contributed by atoms with Crippen LogP contribution in [-0.2, 0) is 11.3 Å². The molecule has 1 aliphatic heterocycles. The molecule has 0 aliphatic carbocycles. The van der Waals surface area contributed by atoms with E-state index < -0.39 is 6.04 Å². The van der Waals surface area contributed by atoms with Crippen molar-refractivity contribution in [1.82, 2.24) is 4.90 Å². The Balaban J connectivity index is 1.56. The van der Waals surface area contributed by atoms with E-state index in [4.69, 9.17) is 0 Å². The summed E-state index contributed by atoms with van der Waals surface area (Å²) < 4.78 is 0. The Bertz CT molecular complexity index is 1100. The lowest BCUT2D eigenvalue weighted by Gasteiger charge is -2.19. The Hall–Kier alpha value is -3.91. The zero-order valence-electron chi connectivity index (χ0n) is 15.9. The zero-order valence-corrected chi connectivity index (χ0v) is 15.9. The molecule has 3 aromatic carbocycles. The molecule has 3 aromatic rings. The fourth-order valence-electron chi connectivity index (χ4n) is 3.60. The Kier molecular flexibility index (Phi) is 4.84. The summed E-state index contributed by atoms with van der Waals surface area (Å²) in [5.41, 5.74) is 3.96. The second-order valence-electron chi connectivity index (χ2n) is 6.94. The van der Waals surface area contributed by atoms with E-state index in [2.05, 4.69) is 6.07 Å². The number of carbonyl (C=O) groups is 2. The summed E-state index contributed by atoms with van der Waals surface area (Å²) >= 11 is 0. The van der Waals surface area contributed by atoms with Gasteiger partial charge in [0.05, 0.1) is 18.2 Å². The van der Waals surface area contributed by atoms with Gasteiger partial charge in [0.2, 0.25) is 0 Å². The van der Waals surface area contributed by atoms with Crippen LogP contribution in [0, 0.1) is 11.3 Å². The van der Waals surface area contributed by atoms with Gasteiger partial charge in [0.1, 0.15) is 6.04 Å². The summed E-state index contributed by atoms with van der Waals surface area (Å²) in [6, 6.07) is 25.6. The van der Waals surface area contributed by atoms with Gasteiger partial charge in [0.25, 0.3) is 5.91 Å². The molecule has 142 valence electrons. The first-order valence-electron chi connectivity index (χ1n) is 9.38. The molecular weight excluding hydrogens is 362 g/mol. The van der Waals surface area contributed by atoms with Crippen molar-refractivity contribution in [2.45, 2.75) is 19.5 Å². The quantitative estimate of drug-likeness (QED) is 0.621. The first kappa shape index (κ1) is 18.5. The van der Waals surface area contributed by atoms with E-state index in [0.29, 0.717) is 11.3 Å². The normalized spacial score (nSPS) is 16.2. The predicted molar refractivity (Wildman–Crippen MR) is 111 cm³/mol. The molecule has 4 rings (SSSR count). The minimum absolute atomic E-state index is 0.210. The summed E-state index contributed by atoms with van der Waals surface area (Å²) in [5.74, 6) is -0.210. The highest BCUT2D eigenvalue weighted by molar-refractivity contribution is 6.13. The number of nitrogens with zero attached hydrogens (tertiary/aromatic N) is 3. The standard InChI is InChI=1S/C24H19N3O2/c1-17-23(28)26(24(29)27(17)21-8-3-2-4-9-21)16-18-11-13-19(14-12-18)22-10-6-5-7-20(22)15-25/h2-14,17H,16H2,1H3/t17-/m1/s1. The second-order valence-corrected chi connectivity index (χ2v) is 6.94. The van der Waals surface area contributed by atoms with Gasteiger partial charge in [-0.25, -0.2) is 4.79 Å². The third kappa shape index (κ3) is 3.37. The molecule has 3 amide bonds. The average molecular weight is 381 g/mol. The van der Waals surface area contributed by atoms with Crippen LogP contribution in [0.1, 0.15) is 18.1 Å². The lowest BCUT2D eigenvalue weighted by Crippen LogP contribution is -2.33. The minimum atomic E-state index is -0.535. The highest BCUT2D eigenvalue weighted by atomic mass is 16.2. The van der Waals surface area contributed by atoms with Crippen molar-refractivity contribution in [3.8, 4) is 17.2 Å². The van der Waals surface area contributed by atoms with Crippen molar-refractivity contribution in [2.75, 3.05) is 4.90 Å². The number of carbonyl (C=O) groups excluding carboxylic acids is 2. The van der Waals surface area contributed by atoms with Crippen LogP contribution in [0.15, 0.2) is 78.9 Å². The number of hydrogen-bond acceptors (Lipinski definition) is 3. The van der Waals surface area contributed by atoms with Crippen molar-refractivity contribution in [1.29, 1.82) is 5.26 Å². The molecular formula is C24H19N3O2. The molecule has 1 aliphatic rings. The Morgan fingerprint density at radius 2 is 1.55 bits per heavy atom. The summed E-state index contributed by atoms with van der Waals surface area (Å²) in [5, 5.41) is 9.29. The fraction of sp³-hybridized carbons (Fsp3) is 0.125. The first-order chi connectivity index (χ1) is 14.1. The maximum absolute atomic E-state index is 12.9. The third-order valence-corrected chi connectivity index (χ3v) is 5.14. The predicted octanol–water partition coefficient (Wildman–Crippen LogP) is 4.58. The lowest BCUT2D eigenvalue weighted by atomic mass is 9.99. The molecule has 0 spiro atoms. The molecule has 29 heavy (non-hydrogen) atoms. The van der Waals surface area contributed by atoms with E-state index >= 15 is 0 Å². The van der Waals surface area contributed by atoms with Crippen LogP contribution in [0.5, 0.6) is 0 Å². The van der Waals surface area contributed by atoms with Gasteiger partial charge in [0.15, 0.2) is 0 Å². The van der Waals surface area contributed by atoms with Crippen LogP contribution in [-0.4, -0.2) is 22.9 Å². The highest BCUT2D eigenvalue weighted by Gasteiger charge is 2.43. The largest absolute Gasteiger partial charge is 0.332 e. The van der Waals surface area contributed by atoms with E-state index in [-0.39, 0.29) is 18.5 Å². The third-order valence-electron chi connectivity index (χ3n) is 5.14. The van der Waals surface area contributed by atoms with Gasteiger partial charge >= 0.3 is 6.03 Å². The zero-order chi connectivity index (χ0) is 20.4. The van der Waals surface area contributed by atoms with Crippen molar-refractivity contribution in [2.24, 2.45) is 0 Å². The minimum Gasteiger partial charge on any atom is -0.282 e. The average Bonchev–Trinajstić information content (AvgIpc) is 2.98. The Morgan fingerprint density at radius 3 is 2.24 bits per heavy atom. The van der Waals surface area contributed by atoms with Gasteiger partial charge in [-0.1, -0.05) is 60.7 Å². The molecule has 0 unspecified atom stereocenters. The summed E-state index contributed by atoms with van der Waals surface area (Å²) in [4.78, 5) is 28.4. The monoisotopic (exact) mass is 381 g/mol. The van der Waals surface area contributed by atoms with Crippen LogP contribution in [0.2, 0.25) is 0 Å². The lowest BCUT2D eigenvalue weighted by molar-refractivity contribution is -0.127. The van der Waals surface area contributed by atoms with Gasteiger partial charge in [-0.2, -0.15) is 5.26 Å². The Labute approximate surface area is 169 Å². The Morgan fingerprint density at radius 1 is 0.897 bits per heavy atom. The van der Waals surface area contributed by atoms with E-state index in [1.54, 1.807) is 13.0 Å². The maximum atomic E-state index is 12.9. The smallest absolute Gasteiger partial charge is 0.282 e. The van der Waals surface area contributed by atoms with E-state index in [1.807, 2.05) is 72.8 Å². The first-order valence-corrected chi connectivity index (χ1v) is 9.38. The fourth-order valence-corrected chi connectivity index (χ4v) is 3.60. The molecule has 0 radical (unpaired) electrons. The van der Waals surface area contributed by atoms with E-state index in [0.717, 1.165) is 16.7 Å². The number of rotatable bonds is 4. The number of para-hydroxylation sites is 1. The maximum Gasteiger partial charge on any atom is 0.332 e. The number of amides is 3. The molecule has 5 nitrogen and oxygen atoms in total. The molecule has 0 N–H and O–H groups in total. The highest BCUT2D eigenvalue weighted by Crippen LogP contribution is 2.28. The van der Waals surface area contributed by atoms with E-state index in [9.17, 15) is 14.9 Å². The number of imide groups is 1. The number of anilines is 1. The molecule has 1 fully saturated rings. The molecule has 5 heteroatoms. The second kappa shape index (κ2) is 7.61. The van der Waals surface area contributed by atoms with Crippen LogP contribution in [0.4, 0.5) is 10.5 Å². The van der Waals surface area contributed by atoms with Crippen molar-refractivity contribution in [3.05, 3.63) is 90.0 Å². The van der Waals surface area contributed by atoms with Crippen LogP contribution < -0.4 is 4.90 Å². The molecule has 1 saturated heterocycles. The SMILES string of the molecule is C[C@@H]1C(=O)N(Cc2ccc(-c3ccccc3C#N)cc2)C(=O)N1c1ccccc1. The van der Waals surface area contributed by atoms with Gasteiger partial charge < -0.3 is 0 Å². The molecule has 0 bridgehead atoms. The van der Waals surface area contributed by atoms with Crippen LogP contribution in [0.25, 0.3) is 11.1 Å².